The van der Waals surface area contributed by atoms with Crippen LogP contribution in [0.15, 0.2) is 47.7 Å². The van der Waals surface area contributed by atoms with Crippen LogP contribution in [0.5, 0.6) is 0 Å². The molecule has 1 unspecified atom stereocenters. The number of aromatic nitrogens is 2. The zero-order chi connectivity index (χ0) is 22.3. The lowest BCUT2D eigenvalue weighted by atomic mass is 10.1. The number of morpholine rings is 1. The van der Waals surface area contributed by atoms with Crippen LogP contribution in [-0.2, 0) is 17.7 Å². The smallest absolute Gasteiger partial charge is 0.191 e. The molecule has 2 aromatic heterocycles. The number of fused-ring (bicyclic) bond motifs is 1. The standard InChI is InChI=1S/C25H34N6O/c1-4-26-25(28-11-9-21-16-29-22-7-5-6-18(2)24(21)22)30-15-20-8-10-27-23(14-20)31-12-13-32-19(3)17-31/h5-8,10,14,16,19,29H,4,9,11-13,15,17H2,1-3H3,(H2,26,28,30). The maximum atomic E-state index is 5.65. The van der Waals surface area contributed by atoms with E-state index in [9.17, 15) is 0 Å². The van der Waals surface area contributed by atoms with Crippen molar-refractivity contribution in [3.8, 4) is 0 Å². The topological polar surface area (TPSA) is 77.6 Å². The maximum Gasteiger partial charge on any atom is 0.191 e. The molecule has 0 radical (unpaired) electrons. The summed E-state index contributed by atoms with van der Waals surface area (Å²) in [5.74, 6) is 1.84. The predicted molar refractivity (Wildman–Crippen MR) is 131 cm³/mol. The van der Waals surface area contributed by atoms with E-state index in [0.717, 1.165) is 56.5 Å². The molecular formula is C25H34N6O. The van der Waals surface area contributed by atoms with Gasteiger partial charge >= 0.3 is 0 Å². The second-order valence-corrected chi connectivity index (χ2v) is 8.33. The molecule has 7 nitrogen and oxygen atoms in total. The van der Waals surface area contributed by atoms with Gasteiger partial charge in [-0.1, -0.05) is 12.1 Å². The Balaban J connectivity index is 1.37. The fourth-order valence-electron chi connectivity index (χ4n) is 4.23. The summed E-state index contributed by atoms with van der Waals surface area (Å²) in [7, 11) is 0. The molecule has 0 bridgehead atoms. The van der Waals surface area contributed by atoms with Gasteiger partial charge in [0.1, 0.15) is 5.82 Å². The van der Waals surface area contributed by atoms with E-state index < -0.39 is 0 Å². The van der Waals surface area contributed by atoms with Gasteiger partial charge in [0.05, 0.1) is 19.3 Å². The van der Waals surface area contributed by atoms with E-state index in [1.54, 1.807) is 0 Å². The van der Waals surface area contributed by atoms with Gasteiger partial charge in [0.25, 0.3) is 0 Å². The zero-order valence-corrected chi connectivity index (χ0v) is 19.3. The van der Waals surface area contributed by atoms with Crippen molar-refractivity contribution >= 4 is 22.7 Å². The number of benzene rings is 1. The van der Waals surface area contributed by atoms with Crippen LogP contribution in [0.4, 0.5) is 5.82 Å². The van der Waals surface area contributed by atoms with Crippen molar-refractivity contribution in [2.45, 2.75) is 39.8 Å². The Kier molecular flexibility index (Phi) is 7.27. The summed E-state index contributed by atoms with van der Waals surface area (Å²) < 4.78 is 5.65. The fourth-order valence-corrected chi connectivity index (χ4v) is 4.23. The molecule has 3 heterocycles. The number of ether oxygens (including phenoxy) is 1. The Morgan fingerprint density at radius 1 is 1.31 bits per heavy atom. The number of aromatic amines is 1. The van der Waals surface area contributed by atoms with Crippen molar-refractivity contribution in [3.05, 3.63) is 59.4 Å². The van der Waals surface area contributed by atoms with Crippen LogP contribution in [-0.4, -0.2) is 54.8 Å². The largest absolute Gasteiger partial charge is 0.375 e. The normalized spacial score (nSPS) is 17.0. The molecule has 3 N–H and O–H groups in total. The summed E-state index contributed by atoms with van der Waals surface area (Å²) in [6, 6.07) is 10.6. The summed E-state index contributed by atoms with van der Waals surface area (Å²) in [5.41, 5.74) is 4.99. The molecule has 1 aromatic carbocycles. The molecule has 1 saturated heterocycles. The Labute approximate surface area is 190 Å². The number of aryl methyl sites for hydroxylation is 1. The Hall–Kier alpha value is -3.06. The molecule has 0 amide bonds. The first kappa shape index (κ1) is 22.1. The van der Waals surface area contributed by atoms with Gasteiger partial charge in [0.2, 0.25) is 0 Å². The lowest BCUT2D eigenvalue weighted by Crippen LogP contribution is -2.41. The fraction of sp³-hybridized carbons (Fsp3) is 0.440. The third-order valence-corrected chi connectivity index (χ3v) is 5.82. The molecule has 7 heteroatoms. The molecule has 1 atom stereocenters. The number of aliphatic imine (C=N–C) groups is 1. The molecule has 3 aromatic rings. The van der Waals surface area contributed by atoms with Crippen molar-refractivity contribution in [1.82, 2.24) is 20.6 Å². The van der Waals surface area contributed by atoms with Crippen molar-refractivity contribution in [1.29, 1.82) is 0 Å². The maximum absolute atomic E-state index is 5.65. The van der Waals surface area contributed by atoms with Gasteiger partial charge in [0, 0.05) is 49.5 Å². The number of hydrogen-bond donors (Lipinski definition) is 3. The van der Waals surface area contributed by atoms with E-state index in [4.69, 9.17) is 9.73 Å². The minimum atomic E-state index is 0.234. The number of rotatable bonds is 7. The van der Waals surface area contributed by atoms with Crippen LogP contribution in [0, 0.1) is 6.92 Å². The number of anilines is 1. The van der Waals surface area contributed by atoms with Gasteiger partial charge in [-0.25, -0.2) is 9.98 Å². The molecular weight excluding hydrogens is 400 g/mol. The lowest BCUT2D eigenvalue weighted by molar-refractivity contribution is 0.0529. The number of H-pyrrole nitrogens is 1. The summed E-state index contributed by atoms with van der Waals surface area (Å²) in [4.78, 5) is 15.0. The molecule has 4 rings (SSSR count). The van der Waals surface area contributed by atoms with Crippen LogP contribution in [0.3, 0.4) is 0 Å². The van der Waals surface area contributed by atoms with Gasteiger partial charge in [0.15, 0.2) is 5.96 Å². The zero-order valence-electron chi connectivity index (χ0n) is 19.3. The number of guanidine groups is 1. The third-order valence-electron chi connectivity index (χ3n) is 5.82. The van der Waals surface area contributed by atoms with Crippen molar-refractivity contribution in [2.24, 2.45) is 4.99 Å². The van der Waals surface area contributed by atoms with Crippen LogP contribution in [0.25, 0.3) is 10.9 Å². The van der Waals surface area contributed by atoms with Gasteiger partial charge in [-0.05, 0) is 62.1 Å². The highest BCUT2D eigenvalue weighted by Gasteiger charge is 2.18. The first-order valence-corrected chi connectivity index (χ1v) is 11.5. The average molecular weight is 435 g/mol. The Morgan fingerprint density at radius 2 is 2.22 bits per heavy atom. The first-order valence-electron chi connectivity index (χ1n) is 11.5. The van der Waals surface area contributed by atoms with Gasteiger partial charge in [-0.2, -0.15) is 0 Å². The minimum absolute atomic E-state index is 0.234. The van der Waals surface area contributed by atoms with Gasteiger partial charge in [-0.3, -0.25) is 0 Å². The van der Waals surface area contributed by atoms with E-state index in [1.165, 1.54) is 22.0 Å². The first-order chi connectivity index (χ1) is 15.6. The van der Waals surface area contributed by atoms with Crippen LogP contribution >= 0.6 is 0 Å². The van der Waals surface area contributed by atoms with Gasteiger partial charge < -0.3 is 25.3 Å². The number of nitrogens with one attached hydrogen (secondary N) is 3. The predicted octanol–water partition coefficient (Wildman–Crippen LogP) is 3.39. The summed E-state index contributed by atoms with van der Waals surface area (Å²) >= 11 is 0. The molecule has 0 spiro atoms. The number of nitrogens with zero attached hydrogens (tertiary/aromatic N) is 3. The molecule has 0 saturated carbocycles. The monoisotopic (exact) mass is 434 g/mol. The Morgan fingerprint density at radius 3 is 3.06 bits per heavy atom. The van der Waals surface area contributed by atoms with Crippen molar-refractivity contribution < 1.29 is 4.74 Å². The van der Waals surface area contributed by atoms with Gasteiger partial charge in [-0.15, -0.1) is 0 Å². The van der Waals surface area contributed by atoms with Crippen molar-refractivity contribution in [3.63, 3.8) is 0 Å². The third kappa shape index (κ3) is 5.40. The molecule has 170 valence electrons. The highest BCUT2D eigenvalue weighted by atomic mass is 16.5. The summed E-state index contributed by atoms with van der Waals surface area (Å²) in [5, 5.41) is 8.16. The van der Waals surface area contributed by atoms with E-state index in [2.05, 4.69) is 76.7 Å². The quantitative estimate of drug-likeness (QED) is 0.392. The second-order valence-electron chi connectivity index (χ2n) is 8.33. The Bertz CT molecular complexity index is 1060. The van der Waals surface area contributed by atoms with E-state index in [1.807, 2.05) is 12.3 Å². The minimum Gasteiger partial charge on any atom is -0.375 e. The van der Waals surface area contributed by atoms with Crippen LogP contribution in [0.2, 0.25) is 0 Å². The van der Waals surface area contributed by atoms with E-state index in [-0.39, 0.29) is 6.10 Å². The summed E-state index contributed by atoms with van der Waals surface area (Å²) in [6.07, 6.45) is 5.16. The second kappa shape index (κ2) is 10.5. The van der Waals surface area contributed by atoms with E-state index >= 15 is 0 Å². The summed E-state index contributed by atoms with van der Waals surface area (Å²) in [6.45, 7) is 11.1. The van der Waals surface area contributed by atoms with Crippen LogP contribution in [0.1, 0.15) is 30.5 Å². The lowest BCUT2D eigenvalue weighted by Gasteiger charge is -2.32. The van der Waals surface area contributed by atoms with E-state index in [0.29, 0.717) is 6.54 Å². The number of pyridine rings is 1. The van der Waals surface area contributed by atoms with Crippen molar-refractivity contribution in [2.75, 3.05) is 37.7 Å². The van der Waals surface area contributed by atoms with Crippen LogP contribution < -0.4 is 15.5 Å². The molecule has 0 aliphatic carbocycles. The molecule has 1 aliphatic rings. The molecule has 1 fully saturated rings. The average Bonchev–Trinajstić information content (AvgIpc) is 3.22. The SMILES string of the molecule is CCNC(=NCc1ccnc(N2CCOC(C)C2)c1)NCCc1c[nH]c2cccc(C)c12. The highest BCUT2D eigenvalue weighted by Crippen LogP contribution is 2.22. The highest BCUT2D eigenvalue weighted by molar-refractivity contribution is 5.86. The number of hydrogen-bond acceptors (Lipinski definition) is 4. The molecule has 32 heavy (non-hydrogen) atoms. The molecule has 1 aliphatic heterocycles.